The zero-order valence-electron chi connectivity index (χ0n) is 14.5. The monoisotopic (exact) mass is 331 g/mol. The van der Waals surface area contributed by atoms with Crippen molar-refractivity contribution in [1.29, 1.82) is 0 Å². The average Bonchev–Trinajstić information content (AvgIpc) is 3.08. The summed E-state index contributed by atoms with van der Waals surface area (Å²) in [6, 6.07) is 0.238. The van der Waals surface area contributed by atoms with Crippen LogP contribution in [0.4, 0.5) is 16.4 Å². The molecule has 1 fully saturated rings. The molecule has 3 heterocycles. The van der Waals surface area contributed by atoms with Crippen LogP contribution in [-0.2, 0) is 11.2 Å². The Hall–Kier alpha value is -2.31. The van der Waals surface area contributed by atoms with Gasteiger partial charge >= 0.3 is 6.09 Å². The van der Waals surface area contributed by atoms with Crippen molar-refractivity contribution in [2.24, 2.45) is 5.92 Å². The number of anilines is 2. The van der Waals surface area contributed by atoms with Crippen LogP contribution in [0.5, 0.6) is 0 Å². The summed E-state index contributed by atoms with van der Waals surface area (Å²) in [5.74, 6) is 2.14. The molecule has 1 N–H and O–H groups in total. The van der Waals surface area contributed by atoms with Crippen LogP contribution in [0, 0.1) is 5.92 Å². The molecule has 2 aliphatic rings. The van der Waals surface area contributed by atoms with Gasteiger partial charge in [0.25, 0.3) is 0 Å². The van der Waals surface area contributed by atoms with Crippen molar-refractivity contribution in [2.45, 2.75) is 32.7 Å². The van der Waals surface area contributed by atoms with Crippen molar-refractivity contribution in [1.82, 2.24) is 14.9 Å². The Morgan fingerprint density at radius 3 is 3.12 bits per heavy atom. The fraction of sp³-hybridized carbons (Fsp3) is 0.588. The molecule has 1 aromatic rings. The number of nitrogens with zero attached hydrogens (tertiary/aromatic N) is 4. The number of rotatable bonds is 4. The fourth-order valence-corrected chi connectivity index (χ4v) is 3.06. The number of hydrogen-bond donors (Lipinski definition) is 1. The van der Waals surface area contributed by atoms with Gasteiger partial charge < -0.3 is 19.9 Å². The Bertz CT molecular complexity index is 631. The number of allylic oxidation sites excluding steroid dienone is 1. The molecule has 0 radical (unpaired) electrons. The lowest BCUT2D eigenvalue weighted by atomic mass is 10.1. The van der Waals surface area contributed by atoms with Crippen LogP contribution < -0.4 is 10.2 Å². The van der Waals surface area contributed by atoms with Crippen LogP contribution in [0.1, 0.15) is 25.8 Å². The summed E-state index contributed by atoms with van der Waals surface area (Å²) in [7, 11) is 2.04. The van der Waals surface area contributed by atoms with Gasteiger partial charge in [-0.05, 0) is 25.0 Å². The molecule has 0 spiro atoms. The summed E-state index contributed by atoms with van der Waals surface area (Å²) in [6.45, 7) is 5.92. The van der Waals surface area contributed by atoms with E-state index in [0.717, 1.165) is 36.6 Å². The van der Waals surface area contributed by atoms with Gasteiger partial charge in [0.2, 0.25) is 0 Å². The summed E-state index contributed by atoms with van der Waals surface area (Å²) < 4.78 is 5.34. The molecule has 7 heteroatoms. The molecule has 2 aliphatic heterocycles. The topological polar surface area (TPSA) is 70.6 Å². The van der Waals surface area contributed by atoms with Crippen molar-refractivity contribution in [3.63, 3.8) is 0 Å². The minimum Gasteiger partial charge on any atom is -0.449 e. The second kappa shape index (κ2) is 7.07. The summed E-state index contributed by atoms with van der Waals surface area (Å²) in [5, 5.41) is 3.16. The maximum atomic E-state index is 12.1. The first kappa shape index (κ1) is 16.5. The van der Waals surface area contributed by atoms with Crippen molar-refractivity contribution in [2.75, 3.05) is 37.0 Å². The SMILES string of the molecule is CC(C)COC(=O)N1CC[C@@H](N(C)c2ncnc3c2CC=CN3)C1. The molecule has 1 aromatic heterocycles. The highest BCUT2D eigenvalue weighted by Gasteiger charge is 2.31. The predicted octanol–water partition coefficient (Wildman–Crippen LogP) is 2.26. The van der Waals surface area contributed by atoms with Crippen molar-refractivity contribution in [3.05, 3.63) is 24.2 Å². The van der Waals surface area contributed by atoms with Gasteiger partial charge in [-0.25, -0.2) is 14.8 Å². The molecule has 24 heavy (non-hydrogen) atoms. The zero-order valence-corrected chi connectivity index (χ0v) is 14.5. The van der Waals surface area contributed by atoms with Crippen LogP contribution in [0.25, 0.3) is 0 Å². The predicted molar refractivity (Wildman–Crippen MR) is 93.1 cm³/mol. The zero-order chi connectivity index (χ0) is 17.1. The lowest BCUT2D eigenvalue weighted by Gasteiger charge is -2.28. The number of aromatic nitrogens is 2. The number of nitrogens with one attached hydrogen (secondary N) is 1. The molecule has 1 amide bonds. The van der Waals surface area contributed by atoms with Crippen molar-refractivity contribution >= 4 is 17.7 Å². The van der Waals surface area contributed by atoms with Gasteiger partial charge in [-0.3, -0.25) is 0 Å². The highest BCUT2D eigenvalue weighted by atomic mass is 16.6. The third-order valence-electron chi connectivity index (χ3n) is 4.43. The Morgan fingerprint density at radius 1 is 1.50 bits per heavy atom. The van der Waals surface area contributed by atoms with Crippen molar-refractivity contribution in [3.8, 4) is 0 Å². The number of amides is 1. The summed E-state index contributed by atoms with van der Waals surface area (Å²) in [6.07, 6.45) is 7.06. The van der Waals surface area contributed by atoms with Gasteiger partial charge in [0.15, 0.2) is 0 Å². The lowest BCUT2D eigenvalue weighted by Crippen LogP contribution is -2.38. The molecule has 1 saturated heterocycles. The molecular formula is C17H25N5O2. The number of likely N-dealkylation sites (tertiary alicyclic amines) is 1. The first-order valence-corrected chi connectivity index (χ1v) is 8.46. The largest absolute Gasteiger partial charge is 0.449 e. The van der Waals surface area contributed by atoms with Gasteiger partial charge in [-0.2, -0.15) is 0 Å². The van der Waals surface area contributed by atoms with E-state index in [-0.39, 0.29) is 12.1 Å². The van der Waals surface area contributed by atoms with Gasteiger partial charge in [0.05, 0.1) is 6.61 Å². The first-order valence-electron chi connectivity index (χ1n) is 8.46. The molecule has 0 aromatic carbocycles. The van der Waals surface area contributed by atoms with E-state index in [1.165, 1.54) is 0 Å². The quantitative estimate of drug-likeness (QED) is 0.912. The standard InChI is InChI=1S/C17H25N5O2/c1-12(2)10-24-17(23)22-8-6-13(9-22)21(3)16-14-5-4-7-18-15(14)19-11-20-16/h4,7,11-13H,5-6,8-10H2,1-3H3,(H,18,19,20)/t13-/m1/s1. The van der Waals surface area contributed by atoms with Crippen molar-refractivity contribution < 1.29 is 9.53 Å². The van der Waals surface area contributed by atoms with E-state index in [0.29, 0.717) is 19.1 Å². The Kier molecular flexibility index (Phi) is 4.87. The number of carbonyl (C=O) groups is 1. The molecule has 0 bridgehead atoms. The smallest absolute Gasteiger partial charge is 0.409 e. The Labute approximate surface area is 142 Å². The summed E-state index contributed by atoms with van der Waals surface area (Å²) in [4.78, 5) is 24.8. The fourth-order valence-electron chi connectivity index (χ4n) is 3.06. The second-order valence-electron chi connectivity index (χ2n) is 6.75. The van der Waals surface area contributed by atoms with E-state index in [2.05, 4.69) is 26.3 Å². The molecule has 130 valence electrons. The maximum absolute atomic E-state index is 12.1. The minimum absolute atomic E-state index is 0.214. The molecular weight excluding hydrogens is 306 g/mol. The molecule has 0 aliphatic carbocycles. The third-order valence-corrected chi connectivity index (χ3v) is 4.43. The van der Waals surface area contributed by atoms with E-state index in [4.69, 9.17) is 4.74 Å². The number of likely N-dealkylation sites (N-methyl/N-ethyl adjacent to an activating group) is 1. The number of carbonyl (C=O) groups excluding carboxylic acids is 1. The van der Waals surface area contributed by atoms with Crippen LogP contribution in [0.2, 0.25) is 0 Å². The Morgan fingerprint density at radius 2 is 2.33 bits per heavy atom. The van der Waals surface area contributed by atoms with Gasteiger partial charge in [-0.15, -0.1) is 0 Å². The van der Waals surface area contributed by atoms with Gasteiger partial charge in [-0.1, -0.05) is 19.9 Å². The normalized spacial score (nSPS) is 19.2. The first-order chi connectivity index (χ1) is 11.6. The maximum Gasteiger partial charge on any atom is 0.409 e. The summed E-state index contributed by atoms with van der Waals surface area (Å²) in [5.41, 5.74) is 1.10. The molecule has 3 rings (SSSR count). The second-order valence-corrected chi connectivity index (χ2v) is 6.75. The van der Waals surface area contributed by atoms with E-state index in [9.17, 15) is 4.79 Å². The van der Waals surface area contributed by atoms with Gasteiger partial charge in [0, 0.05) is 31.7 Å². The molecule has 7 nitrogen and oxygen atoms in total. The molecule has 0 saturated carbocycles. The highest BCUT2D eigenvalue weighted by Crippen LogP contribution is 2.29. The lowest BCUT2D eigenvalue weighted by molar-refractivity contribution is 0.0991. The Balaban J connectivity index is 1.65. The van der Waals surface area contributed by atoms with E-state index >= 15 is 0 Å². The van der Waals surface area contributed by atoms with Crippen LogP contribution >= 0.6 is 0 Å². The summed E-state index contributed by atoms with van der Waals surface area (Å²) >= 11 is 0. The van der Waals surface area contributed by atoms with Gasteiger partial charge in [0.1, 0.15) is 18.0 Å². The highest BCUT2D eigenvalue weighted by molar-refractivity contribution is 5.68. The van der Waals surface area contributed by atoms with Crippen LogP contribution in [-0.4, -0.2) is 53.7 Å². The van der Waals surface area contributed by atoms with E-state index in [1.807, 2.05) is 27.1 Å². The number of ether oxygens (including phenoxy) is 1. The molecule has 1 atom stereocenters. The average molecular weight is 331 g/mol. The number of fused-ring (bicyclic) bond motifs is 1. The third kappa shape index (κ3) is 3.44. The van der Waals surface area contributed by atoms with E-state index < -0.39 is 0 Å². The minimum atomic E-state index is -0.214. The number of hydrogen-bond acceptors (Lipinski definition) is 6. The van der Waals surface area contributed by atoms with Crippen LogP contribution in [0.3, 0.4) is 0 Å². The van der Waals surface area contributed by atoms with Crippen LogP contribution in [0.15, 0.2) is 18.6 Å². The van der Waals surface area contributed by atoms with E-state index in [1.54, 1.807) is 11.2 Å². The molecule has 0 unspecified atom stereocenters.